The molecule has 0 spiro atoms. The number of ether oxygens (including phenoxy) is 1. The number of aliphatic hydroxyl groups is 3. The van der Waals surface area contributed by atoms with Crippen LogP contribution in [0.1, 0.15) is 12.8 Å². The van der Waals surface area contributed by atoms with E-state index in [0.29, 0.717) is 6.42 Å². The molecule has 4 heteroatoms. The average molecular weight is 148 g/mol. The fourth-order valence-electron chi connectivity index (χ4n) is 1.08. The zero-order valence-corrected chi connectivity index (χ0v) is 5.60. The van der Waals surface area contributed by atoms with E-state index in [2.05, 4.69) is 0 Å². The number of hydrogen-bond donors (Lipinski definition) is 3. The normalized spacial score (nSPS) is 41.7. The summed E-state index contributed by atoms with van der Waals surface area (Å²) >= 11 is 0. The maximum Gasteiger partial charge on any atom is 0.157 e. The minimum Gasteiger partial charge on any atom is -0.394 e. The first-order valence-corrected chi connectivity index (χ1v) is 3.35. The molecule has 0 aliphatic carbocycles. The van der Waals surface area contributed by atoms with Gasteiger partial charge in [0.15, 0.2) is 6.29 Å². The second kappa shape index (κ2) is 3.30. The SMILES string of the molecule is OC[C@H]1C[C@H](O)C[C@@H](O)O1. The molecule has 1 heterocycles. The number of hydrogen-bond acceptors (Lipinski definition) is 4. The standard InChI is InChI=1S/C6H12O4/c7-3-5-1-4(8)2-6(9)10-5/h4-9H,1-3H2/t4-,5+,6-/m0/s1. The van der Waals surface area contributed by atoms with E-state index in [4.69, 9.17) is 20.1 Å². The second-order valence-electron chi connectivity index (χ2n) is 2.52. The molecule has 1 aliphatic heterocycles. The van der Waals surface area contributed by atoms with Crippen LogP contribution in [0.25, 0.3) is 0 Å². The summed E-state index contributed by atoms with van der Waals surface area (Å²) in [6.07, 6.45) is -1.20. The van der Waals surface area contributed by atoms with Crippen LogP contribution in [0.3, 0.4) is 0 Å². The summed E-state index contributed by atoms with van der Waals surface area (Å²) in [6, 6.07) is 0. The molecule has 0 aromatic rings. The lowest BCUT2D eigenvalue weighted by Gasteiger charge is -2.28. The molecule has 0 saturated carbocycles. The smallest absolute Gasteiger partial charge is 0.157 e. The van der Waals surface area contributed by atoms with Crippen LogP contribution in [0.4, 0.5) is 0 Å². The van der Waals surface area contributed by atoms with Crippen LogP contribution in [-0.4, -0.2) is 40.4 Å². The van der Waals surface area contributed by atoms with Gasteiger partial charge in [-0.15, -0.1) is 0 Å². The topological polar surface area (TPSA) is 69.9 Å². The van der Waals surface area contributed by atoms with Crippen LogP contribution in [0.2, 0.25) is 0 Å². The largest absolute Gasteiger partial charge is 0.394 e. The average Bonchev–Trinajstić information content (AvgIpc) is 1.85. The first-order chi connectivity index (χ1) is 4.72. The third kappa shape index (κ3) is 1.91. The number of rotatable bonds is 1. The highest BCUT2D eigenvalue weighted by Gasteiger charge is 2.25. The van der Waals surface area contributed by atoms with E-state index in [1.165, 1.54) is 0 Å². The molecule has 0 amide bonds. The van der Waals surface area contributed by atoms with Gasteiger partial charge in [-0.25, -0.2) is 0 Å². The predicted octanol–water partition coefficient (Wildman–Crippen LogP) is -1.16. The van der Waals surface area contributed by atoms with Crippen molar-refractivity contribution in [1.29, 1.82) is 0 Å². The molecule has 0 unspecified atom stereocenters. The fraction of sp³-hybridized carbons (Fsp3) is 1.00. The van der Waals surface area contributed by atoms with Crippen molar-refractivity contribution in [2.75, 3.05) is 6.61 Å². The lowest BCUT2D eigenvalue weighted by molar-refractivity contribution is -0.197. The van der Waals surface area contributed by atoms with Gasteiger partial charge in [0.2, 0.25) is 0 Å². The van der Waals surface area contributed by atoms with E-state index >= 15 is 0 Å². The lowest BCUT2D eigenvalue weighted by Crippen LogP contribution is -2.37. The lowest BCUT2D eigenvalue weighted by atomic mass is 10.1. The van der Waals surface area contributed by atoms with E-state index in [-0.39, 0.29) is 13.0 Å². The molecule has 0 bridgehead atoms. The maximum absolute atomic E-state index is 9.03. The summed E-state index contributed by atoms with van der Waals surface area (Å²) in [5, 5.41) is 26.5. The van der Waals surface area contributed by atoms with Gasteiger partial charge >= 0.3 is 0 Å². The molecular weight excluding hydrogens is 136 g/mol. The van der Waals surface area contributed by atoms with Crippen LogP contribution in [-0.2, 0) is 4.74 Å². The highest BCUT2D eigenvalue weighted by atomic mass is 16.6. The summed E-state index contributed by atoms with van der Waals surface area (Å²) in [5.41, 5.74) is 0. The van der Waals surface area contributed by atoms with Crippen molar-refractivity contribution in [2.45, 2.75) is 31.3 Å². The molecule has 0 aromatic carbocycles. The van der Waals surface area contributed by atoms with Gasteiger partial charge in [-0.3, -0.25) is 0 Å². The van der Waals surface area contributed by atoms with Crippen molar-refractivity contribution >= 4 is 0 Å². The Balaban J connectivity index is 2.35. The van der Waals surface area contributed by atoms with Gasteiger partial charge in [0.1, 0.15) is 0 Å². The van der Waals surface area contributed by atoms with Crippen molar-refractivity contribution in [1.82, 2.24) is 0 Å². The molecule has 10 heavy (non-hydrogen) atoms. The van der Waals surface area contributed by atoms with Crippen LogP contribution in [0, 0.1) is 0 Å². The molecular formula is C6H12O4. The molecule has 3 N–H and O–H groups in total. The number of aliphatic hydroxyl groups excluding tert-OH is 3. The summed E-state index contributed by atoms with van der Waals surface area (Å²) in [7, 11) is 0. The molecule has 4 nitrogen and oxygen atoms in total. The van der Waals surface area contributed by atoms with E-state index < -0.39 is 18.5 Å². The van der Waals surface area contributed by atoms with Crippen LogP contribution < -0.4 is 0 Å². The molecule has 1 fully saturated rings. The van der Waals surface area contributed by atoms with E-state index in [9.17, 15) is 0 Å². The van der Waals surface area contributed by atoms with Crippen LogP contribution >= 0.6 is 0 Å². The highest BCUT2D eigenvalue weighted by molar-refractivity contribution is 4.71. The highest BCUT2D eigenvalue weighted by Crippen LogP contribution is 2.17. The van der Waals surface area contributed by atoms with E-state index in [0.717, 1.165) is 0 Å². The molecule has 1 rings (SSSR count). The Bertz CT molecular complexity index is 95.9. The summed E-state index contributed by atoms with van der Waals surface area (Å²) in [4.78, 5) is 0. The third-order valence-electron chi connectivity index (χ3n) is 1.56. The van der Waals surface area contributed by atoms with Gasteiger partial charge in [0.05, 0.1) is 18.8 Å². The maximum atomic E-state index is 9.03. The Morgan fingerprint density at radius 1 is 1.30 bits per heavy atom. The minimum absolute atomic E-state index is 0.145. The Hall–Kier alpha value is -0.160. The van der Waals surface area contributed by atoms with Crippen LogP contribution in [0.5, 0.6) is 0 Å². The fourth-order valence-corrected chi connectivity index (χ4v) is 1.08. The van der Waals surface area contributed by atoms with Crippen LogP contribution in [0.15, 0.2) is 0 Å². The summed E-state index contributed by atoms with van der Waals surface area (Å²) in [5.74, 6) is 0. The molecule has 0 aromatic heterocycles. The van der Waals surface area contributed by atoms with Crippen molar-refractivity contribution in [2.24, 2.45) is 0 Å². The second-order valence-corrected chi connectivity index (χ2v) is 2.52. The summed E-state index contributed by atoms with van der Waals surface area (Å²) in [6.45, 7) is -0.145. The Kier molecular flexibility index (Phi) is 2.62. The van der Waals surface area contributed by atoms with Gasteiger partial charge in [-0.2, -0.15) is 0 Å². The van der Waals surface area contributed by atoms with E-state index in [1.807, 2.05) is 0 Å². The Morgan fingerprint density at radius 2 is 2.00 bits per heavy atom. The first kappa shape index (κ1) is 7.94. The molecule has 60 valence electrons. The Labute approximate surface area is 59.1 Å². The zero-order chi connectivity index (χ0) is 7.56. The van der Waals surface area contributed by atoms with Gasteiger partial charge in [-0.1, -0.05) is 0 Å². The minimum atomic E-state index is -0.916. The van der Waals surface area contributed by atoms with Crippen molar-refractivity contribution in [3.05, 3.63) is 0 Å². The van der Waals surface area contributed by atoms with Gasteiger partial charge in [0, 0.05) is 12.8 Å². The van der Waals surface area contributed by atoms with E-state index in [1.54, 1.807) is 0 Å². The zero-order valence-electron chi connectivity index (χ0n) is 5.60. The van der Waals surface area contributed by atoms with Gasteiger partial charge < -0.3 is 20.1 Å². The predicted molar refractivity (Wildman–Crippen MR) is 33.2 cm³/mol. The van der Waals surface area contributed by atoms with Crippen molar-refractivity contribution in [3.8, 4) is 0 Å². The molecule has 1 saturated heterocycles. The molecule has 0 radical (unpaired) electrons. The molecule has 1 aliphatic rings. The molecule has 3 atom stereocenters. The summed E-state index contributed by atoms with van der Waals surface area (Å²) < 4.78 is 4.85. The third-order valence-corrected chi connectivity index (χ3v) is 1.56. The monoisotopic (exact) mass is 148 g/mol. The van der Waals surface area contributed by atoms with Crippen molar-refractivity contribution < 1.29 is 20.1 Å². The quantitative estimate of drug-likeness (QED) is 0.438. The van der Waals surface area contributed by atoms with Gasteiger partial charge in [-0.05, 0) is 0 Å². The first-order valence-electron chi connectivity index (χ1n) is 3.35. The van der Waals surface area contributed by atoms with Gasteiger partial charge in [0.25, 0.3) is 0 Å². The Morgan fingerprint density at radius 3 is 2.50 bits per heavy atom. The van der Waals surface area contributed by atoms with Crippen molar-refractivity contribution in [3.63, 3.8) is 0 Å².